The summed E-state index contributed by atoms with van der Waals surface area (Å²) in [4.78, 5) is 4.82. The molecule has 2 aliphatic carbocycles. The number of rotatable bonds is 2. The molecule has 0 spiro atoms. The first-order valence-electron chi connectivity index (χ1n) is 7.40. The SMILES string of the molecule is CC1(C)CCC(N=C(N)C2CCCCC2)CC1. The van der Waals surface area contributed by atoms with E-state index in [-0.39, 0.29) is 0 Å². The van der Waals surface area contributed by atoms with Gasteiger partial charge in [-0.2, -0.15) is 0 Å². The van der Waals surface area contributed by atoms with E-state index in [1.165, 1.54) is 57.8 Å². The van der Waals surface area contributed by atoms with Crippen LogP contribution in [0.15, 0.2) is 4.99 Å². The van der Waals surface area contributed by atoms with Crippen LogP contribution in [0.2, 0.25) is 0 Å². The zero-order chi connectivity index (χ0) is 12.3. The van der Waals surface area contributed by atoms with E-state index >= 15 is 0 Å². The number of amidine groups is 1. The van der Waals surface area contributed by atoms with Gasteiger partial charge in [0.05, 0.1) is 11.9 Å². The van der Waals surface area contributed by atoms with Crippen LogP contribution in [0.3, 0.4) is 0 Å². The van der Waals surface area contributed by atoms with Crippen LogP contribution >= 0.6 is 0 Å². The largest absolute Gasteiger partial charge is 0.387 e. The Kier molecular flexibility index (Phi) is 4.11. The predicted octanol–water partition coefficient (Wildman–Crippen LogP) is 3.89. The lowest BCUT2D eigenvalue weighted by molar-refractivity contribution is 0.226. The van der Waals surface area contributed by atoms with Gasteiger partial charge in [0.25, 0.3) is 0 Å². The predicted molar refractivity (Wildman–Crippen MR) is 74.2 cm³/mol. The van der Waals surface area contributed by atoms with Crippen molar-refractivity contribution in [2.75, 3.05) is 0 Å². The molecular formula is C15H28N2. The summed E-state index contributed by atoms with van der Waals surface area (Å²) in [5.41, 5.74) is 6.73. The molecule has 2 fully saturated rings. The average molecular weight is 236 g/mol. The van der Waals surface area contributed by atoms with Crippen LogP contribution in [0.4, 0.5) is 0 Å². The Balaban J connectivity index is 1.86. The fraction of sp³-hybridized carbons (Fsp3) is 0.933. The Labute approximate surface area is 106 Å². The first-order valence-corrected chi connectivity index (χ1v) is 7.40. The van der Waals surface area contributed by atoms with Gasteiger partial charge in [0.2, 0.25) is 0 Å². The molecule has 2 nitrogen and oxygen atoms in total. The summed E-state index contributed by atoms with van der Waals surface area (Å²) in [5.74, 6) is 1.56. The van der Waals surface area contributed by atoms with Crippen molar-refractivity contribution in [3.05, 3.63) is 0 Å². The lowest BCUT2D eigenvalue weighted by Gasteiger charge is -2.33. The van der Waals surface area contributed by atoms with Crippen LogP contribution in [0.1, 0.15) is 71.6 Å². The zero-order valence-electron chi connectivity index (χ0n) is 11.5. The lowest BCUT2D eigenvalue weighted by atomic mass is 9.76. The maximum absolute atomic E-state index is 6.20. The summed E-state index contributed by atoms with van der Waals surface area (Å²) in [6.45, 7) is 4.74. The molecule has 0 heterocycles. The molecule has 17 heavy (non-hydrogen) atoms. The Morgan fingerprint density at radius 2 is 1.59 bits per heavy atom. The van der Waals surface area contributed by atoms with Crippen molar-refractivity contribution in [2.24, 2.45) is 22.1 Å². The number of nitrogens with two attached hydrogens (primary N) is 1. The third-order valence-electron chi connectivity index (χ3n) is 4.66. The van der Waals surface area contributed by atoms with Crippen LogP contribution in [0, 0.1) is 11.3 Å². The second-order valence-corrected chi connectivity index (χ2v) is 6.78. The minimum absolute atomic E-state index is 0.518. The minimum atomic E-state index is 0.518. The van der Waals surface area contributed by atoms with Crippen LogP contribution in [-0.4, -0.2) is 11.9 Å². The molecule has 2 saturated carbocycles. The van der Waals surface area contributed by atoms with Crippen molar-refractivity contribution in [3.8, 4) is 0 Å². The van der Waals surface area contributed by atoms with Gasteiger partial charge in [0, 0.05) is 5.92 Å². The molecule has 2 aliphatic rings. The van der Waals surface area contributed by atoms with Crippen LogP contribution in [0.25, 0.3) is 0 Å². The summed E-state index contributed by atoms with van der Waals surface area (Å²) in [6, 6.07) is 0.518. The Bertz CT molecular complexity index is 265. The topological polar surface area (TPSA) is 38.4 Å². The van der Waals surface area contributed by atoms with Crippen molar-refractivity contribution in [3.63, 3.8) is 0 Å². The van der Waals surface area contributed by atoms with Gasteiger partial charge in [0.1, 0.15) is 0 Å². The maximum Gasteiger partial charge on any atom is 0.0971 e. The summed E-state index contributed by atoms with van der Waals surface area (Å²) >= 11 is 0. The minimum Gasteiger partial charge on any atom is -0.387 e. The highest BCUT2D eigenvalue weighted by Crippen LogP contribution is 2.36. The molecule has 2 rings (SSSR count). The first-order chi connectivity index (χ1) is 8.07. The van der Waals surface area contributed by atoms with E-state index in [9.17, 15) is 0 Å². The molecule has 0 bridgehead atoms. The van der Waals surface area contributed by atoms with Crippen molar-refractivity contribution in [1.82, 2.24) is 0 Å². The smallest absolute Gasteiger partial charge is 0.0971 e. The number of hydrogen-bond acceptors (Lipinski definition) is 1. The highest BCUT2D eigenvalue weighted by molar-refractivity contribution is 5.83. The van der Waals surface area contributed by atoms with Gasteiger partial charge in [0.15, 0.2) is 0 Å². The number of nitrogens with zero attached hydrogens (tertiary/aromatic N) is 1. The van der Waals surface area contributed by atoms with Crippen molar-refractivity contribution < 1.29 is 0 Å². The van der Waals surface area contributed by atoms with E-state index in [1.807, 2.05) is 0 Å². The van der Waals surface area contributed by atoms with Gasteiger partial charge in [-0.1, -0.05) is 33.1 Å². The van der Waals surface area contributed by atoms with Crippen LogP contribution < -0.4 is 5.73 Å². The molecule has 0 atom stereocenters. The fourth-order valence-corrected chi connectivity index (χ4v) is 3.23. The third kappa shape index (κ3) is 3.72. The molecule has 0 aromatic heterocycles. The first kappa shape index (κ1) is 12.9. The van der Waals surface area contributed by atoms with Crippen molar-refractivity contribution >= 4 is 5.84 Å². The second kappa shape index (κ2) is 5.41. The van der Waals surface area contributed by atoms with Gasteiger partial charge in [-0.3, -0.25) is 4.99 Å². The van der Waals surface area contributed by atoms with E-state index in [4.69, 9.17) is 10.7 Å². The van der Waals surface area contributed by atoms with Crippen molar-refractivity contribution in [1.29, 1.82) is 0 Å². The second-order valence-electron chi connectivity index (χ2n) is 6.78. The van der Waals surface area contributed by atoms with Crippen LogP contribution in [0.5, 0.6) is 0 Å². The Hall–Kier alpha value is -0.530. The molecule has 2 heteroatoms. The molecule has 0 amide bonds. The van der Waals surface area contributed by atoms with E-state index in [0.717, 1.165) is 5.84 Å². The van der Waals surface area contributed by atoms with Gasteiger partial charge in [-0.15, -0.1) is 0 Å². The van der Waals surface area contributed by atoms with Crippen molar-refractivity contribution in [2.45, 2.75) is 77.7 Å². The normalized spacial score (nSPS) is 28.2. The van der Waals surface area contributed by atoms with E-state index in [2.05, 4.69) is 13.8 Å². The molecule has 0 aliphatic heterocycles. The summed E-state index contributed by atoms with van der Waals surface area (Å²) in [6.07, 6.45) is 11.7. The third-order valence-corrected chi connectivity index (χ3v) is 4.66. The summed E-state index contributed by atoms with van der Waals surface area (Å²) in [7, 11) is 0. The van der Waals surface area contributed by atoms with Gasteiger partial charge in [-0.05, 0) is 43.9 Å². The molecule has 0 aromatic carbocycles. The highest BCUT2D eigenvalue weighted by Gasteiger charge is 2.27. The van der Waals surface area contributed by atoms with Gasteiger partial charge in [-0.25, -0.2) is 0 Å². The standard InChI is InChI=1S/C15H28N2/c1-15(2)10-8-13(9-11-15)17-14(16)12-6-4-3-5-7-12/h12-13H,3-11H2,1-2H3,(H2,16,17). The molecular weight excluding hydrogens is 208 g/mol. The molecule has 0 saturated heterocycles. The fourth-order valence-electron chi connectivity index (χ4n) is 3.23. The van der Waals surface area contributed by atoms with Gasteiger partial charge >= 0.3 is 0 Å². The Morgan fingerprint density at radius 3 is 2.18 bits per heavy atom. The quantitative estimate of drug-likeness (QED) is 0.573. The molecule has 0 radical (unpaired) electrons. The van der Waals surface area contributed by atoms with E-state index in [0.29, 0.717) is 17.4 Å². The maximum atomic E-state index is 6.20. The van der Waals surface area contributed by atoms with E-state index < -0.39 is 0 Å². The zero-order valence-corrected chi connectivity index (χ0v) is 11.5. The highest BCUT2D eigenvalue weighted by atomic mass is 14.9. The number of hydrogen-bond donors (Lipinski definition) is 1. The molecule has 0 unspecified atom stereocenters. The van der Waals surface area contributed by atoms with E-state index in [1.54, 1.807) is 0 Å². The van der Waals surface area contributed by atoms with Gasteiger partial charge < -0.3 is 5.73 Å². The summed E-state index contributed by atoms with van der Waals surface area (Å²) in [5, 5.41) is 0. The molecule has 2 N–H and O–H groups in total. The molecule has 98 valence electrons. The monoisotopic (exact) mass is 236 g/mol. The Morgan fingerprint density at radius 1 is 1.00 bits per heavy atom. The van der Waals surface area contributed by atoms with Crippen LogP contribution in [-0.2, 0) is 0 Å². The number of aliphatic imine (C=N–C) groups is 1. The summed E-state index contributed by atoms with van der Waals surface area (Å²) < 4.78 is 0. The average Bonchev–Trinajstić information content (AvgIpc) is 2.33. The molecule has 0 aromatic rings. The lowest BCUT2D eigenvalue weighted by Crippen LogP contribution is -2.30.